The molecule has 1 aliphatic rings. The predicted octanol–water partition coefficient (Wildman–Crippen LogP) is 1.94. The third-order valence-corrected chi connectivity index (χ3v) is 3.17. The van der Waals surface area contributed by atoms with Gasteiger partial charge in [-0.1, -0.05) is 24.3 Å². The van der Waals surface area contributed by atoms with Crippen LogP contribution in [0.5, 0.6) is 0 Å². The summed E-state index contributed by atoms with van der Waals surface area (Å²) in [7, 11) is 0. The van der Waals surface area contributed by atoms with Gasteiger partial charge in [-0.25, -0.2) is 9.97 Å². The molecule has 1 aromatic carbocycles. The minimum Gasteiger partial charge on any atom is -0.368 e. The van der Waals surface area contributed by atoms with Gasteiger partial charge in [-0.2, -0.15) is 0 Å². The van der Waals surface area contributed by atoms with Gasteiger partial charge in [0.1, 0.15) is 0 Å². The number of nitrogens with two attached hydrogens (primary N) is 1. The highest BCUT2D eigenvalue weighted by molar-refractivity contribution is 5.36. The summed E-state index contributed by atoms with van der Waals surface area (Å²) in [6, 6.07) is 10.5. The van der Waals surface area contributed by atoms with Crippen LogP contribution in [0.2, 0.25) is 0 Å². The maximum absolute atomic E-state index is 5.61. The average molecular weight is 211 g/mol. The lowest BCUT2D eigenvalue weighted by molar-refractivity contribution is 0.712. The number of fused-ring (bicyclic) bond motifs is 1. The standard InChI is InChI=1S/C13H13N3/c14-13-15-6-5-12(16-13)11-7-9-3-1-2-4-10(9)8-11/h1-6,11H,7-8H2,(H2,14,15,16). The first-order valence-electron chi connectivity index (χ1n) is 5.48. The molecule has 1 heterocycles. The lowest BCUT2D eigenvalue weighted by Crippen LogP contribution is -2.04. The van der Waals surface area contributed by atoms with Crippen molar-refractivity contribution >= 4 is 5.95 Å². The normalized spacial score (nSPS) is 15.0. The Kier molecular flexibility index (Phi) is 2.10. The molecule has 0 saturated carbocycles. The second kappa shape index (κ2) is 3.59. The SMILES string of the molecule is Nc1nccc(C2Cc3ccccc3C2)n1. The summed E-state index contributed by atoms with van der Waals surface area (Å²) in [5, 5.41) is 0. The van der Waals surface area contributed by atoms with Gasteiger partial charge in [0.2, 0.25) is 5.95 Å². The topological polar surface area (TPSA) is 51.8 Å². The summed E-state index contributed by atoms with van der Waals surface area (Å²) in [5.41, 5.74) is 9.54. The van der Waals surface area contributed by atoms with Crippen molar-refractivity contribution in [2.75, 3.05) is 5.73 Å². The van der Waals surface area contributed by atoms with Gasteiger partial charge >= 0.3 is 0 Å². The average Bonchev–Trinajstić information content (AvgIpc) is 2.72. The molecule has 0 aliphatic heterocycles. The first-order chi connectivity index (χ1) is 7.83. The van der Waals surface area contributed by atoms with Gasteiger partial charge in [0, 0.05) is 17.8 Å². The molecule has 1 aromatic heterocycles. The largest absolute Gasteiger partial charge is 0.368 e. The van der Waals surface area contributed by atoms with Gasteiger partial charge in [-0.15, -0.1) is 0 Å². The van der Waals surface area contributed by atoms with Crippen molar-refractivity contribution in [3.63, 3.8) is 0 Å². The molecule has 3 rings (SSSR count). The summed E-state index contributed by atoms with van der Waals surface area (Å²) in [6.45, 7) is 0. The lowest BCUT2D eigenvalue weighted by atomic mass is 10.0. The number of aromatic nitrogens is 2. The van der Waals surface area contributed by atoms with Crippen molar-refractivity contribution in [1.29, 1.82) is 0 Å². The van der Waals surface area contributed by atoms with Crippen LogP contribution in [-0.2, 0) is 12.8 Å². The van der Waals surface area contributed by atoms with E-state index < -0.39 is 0 Å². The van der Waals surface area contributed by atoms with Crippen molar-refractivity contribution in [1.82, 2.24) is 9.97 Å². The molecule has 1 aliphatic carbocycles. The Hall–Kier alpha value is -1.90. The number of nitrogen functional groups attached to an aromatic ring is 1. The molecule has 16 heavy (non-hydrogen) atoms. The summed E-state index contributed by atoms with van der Waals surface area (Å²) < 4.78 is 0. The van der Waals surface area contributed by atoms with Crippen LogP contribution in [0.4, 0.5) is 5.95 Å². The molecule has 2 N–H and O–H groups in total. The van der Waals surface area contributed by atoms with Gasteiger partial charge in [0.05, 0.1) is 0 Å². The molecule has 0 radical (unpaired) electrons. The highest BCUT2D eigenvalue weighted by atomic mass is 15.0. The van der Waals surface area contributed by atoms with Crippen molar-refractivity contribution in [3.05, 3.63) is 53.3 Å². The fourth-order valence-corrected chi connectivity index (χ4v) is 2.38. The monoisotopic (exact) mass is 211 g/mol. The molecular formula is C13H13N3. The van der Waals surface area contributed by atoms with E-state index in [-0.39, 0.29) is 0 Å². The van der Waals surface area contributed by atoms with Crippen molar-refractivity contribution in [2.45, 2.75) is 18.8 Å². The van der Waals surface area contributed by atoms with E-state index in [2.05, 4.69) is 34.2 Å². The number of anilines is 1. The third kappa shape index (κ3) is 1.54. The number of nitrogens with zero attached hydrogens (tertiary/aromatic N) is 2. The molecule has 0 amide bonds. The Labute approximate surface area is 94.4 Å². The first-order valence-corrected chi connectivity index (χ1v) is 5.48. The molecule has 0 saturated heterocycles. The summed E-state index contributed by atoms with van der Waals surface area (Å²) >= 11 is 0. The van der Waals surface area contributed by atoms with E-state index in [9.17, 15) is 0 Å². The van der Waals surface area contributed by atoms with Crippen LogP contribution in [0.3, 0.4) is 0 Å². The quantitative estimate of drug-likeness (QED) is 0.784. The van der Waals surface area contributed by atoms with E-state index >= 15 is 0 Å². The van der Waals surface area contributed by atoms with Gasteiger partial charge in [0.15, 0.2) is 0 Å². The summed E-state index contributed by atoms with van der Waals surface area (Å²) in [6.07, 6.45) is 3.86. The van der Waals surface area contributed by atoms with Crippen LogP contribution in [-0.4, -0.2) is 9.97 Å². The summed E-state index contributed by atoms with van der Waals surface area (Å²) in [5.74, 6) is 0.830. The highest BCUT2D eigenvalue weighted by Gasteiger charge is 2.23. The van der Waals surface area contributed by atoms with Crippen LogP contribution >= 0.6 is 0 Å². The van der Waals surface area contributed by atoms with E-state index in [1.54, 1.807) is 6.20 Å². The predicted molar refractivity (Wildman–Crippen MR) is 63.0 cm³/mol. The van der Waals surface area contributed by atoms with Gasteiger partial charge in [-0.3, -0.25) is 0 Å². The van der Waals surface area contributed by atoms with Gasteiger partial charge < -0.3 is 5.73 Å². The minimum atomic E-state index is 0.369. The number of rotatable bonds is 1. The Balaban J connectivity index is 1.91. The fraction of sp³-hybridized carbons (Fsp3) is 0.231. The molecule has 3 heteroatoms. The van der Waals surface area contributed by atoms with Gasteiger partial charge in [-0.05, 0) is 30.0 Å². The Morgan fingerprint density at radius 3 is 2.38 bits per heavy atom. The van der Waals surface area contributed by atoms with Crippen LogP contribution in [0.1, 0.15) is 22.7 Å². The van der Waals surface area contributed by atoms with E-state index in [0.717, 1.165) is 18.5 Å². The van der Waals surface area contributed by atoms with E-state index in [1.807, 2.05) is 6.07 Å². The molecule has 0 atom stereocenters. The highest BCUT2D eigenvalue weighted by Crippen LogP contribution is 2.32. The molecule has 0 bridgehead atoms. The van der Waals surface area contributed by atoms with E-state index in [0.29, 0.717) is 11.9 Å². The second-order valence-corrected chi connectivity index (χ2v) is 4.21. The molecular weight excluding hydrogens is 198 g/mol. The van der Waals surface area contributed by atoms with Crippen LogP contribution < -0.4 is 5.73 Å². The van der Waals surface area contributed by atoms with Crippen LogP contribution in [0, 0.1) is 0 Å². The van der Waals surface area contributed by atoms with Gasteiger partial charge in [0.25, 0.3) is 0 Å². The molecule has 0 spiro atoms. The second-order valence-electron chi connectivity index (χ2n) is 4.21. The molecule has 0 fully saturated rings. The zero-order valence-electron chi connectivity index (χ0n) is 8.93. The smallest absolute Gasteiger partial charge is 0.220 e. The third-order valence-electron chi connectivity index (χ3n) is 3.17. The Morgan fingerprint density at radius 2 is 1.75 bits per heavy atom. The first kappa shape index (κ1) is 9.33. The zero-order chi connectivity index (χ0) is 11.0. The number of hydrogen-bond acceptors (Lipinski definition) is 3. The minimum absolute atomic E-state index is 0.369. The zero-order valence-corrected chi connectivity index (χ0v) is 8.93. The molecule has 2 aromatic rings. The summed E-state index contributed by atoms with van der Waals surface area (Å²) in [4.78, 5) is 8.23. The lowest BCUT2D eigenvalue weighted by Gasteiger charge is -2.07. The van der Waals surface area contributed by atoms with Crippen molar-refractivity contribution in [3.8, 4) is 0 Å². The van der Waals surface area contributed by atoms with Crippen LogP contribution in [0.15, 0.2) is 36.5 Å². The van der Waals surface area contributed by atoms with E-state index in [4.69, 9.17) is 5.73 Å². The van der Waals surface area contributed by atoms with E-state index in [1.165, 1.54) is 11.1 Å². The Morgan fingerprint density at radius 1 is 1.06 bits per heavy atom. The fourth-order valence-electron chi connectivity index (χ4n) is 2.38. The maximum atomic E-state index is 5.61. The molecule has 80 valence electrons. The molecule has 0 unspecified atom stereocenters. The number of hydrogen-bond donors (Lipinski definition) is 1. The maximum Gasteiger partial charge on any atom is 0.220 e. The number of benzene rings is 1. The molecule has 3 nitrogen and oxygen atoms in total. The van der Waals surface area contributed by atoms with Crippen molar-refractivity contribution in [2.24, 2.45) is 0 Å². The Bertz CT molecular complexity index is 497. The van der Waals surface area contributed by atoms with Crippen molar-refractivity contribution < 1.29 is 0 Å². The van der Waals surface area contributed by atoms with Crippen LogP contribution in [0.25, 0.3) is 0 Å².